The Bertz CT molecular complexity index is 918. The van der Waals surface area contributed by atoms with E-state index in [2.05, 4.69) is 97.9 Å². The molecule has 0 unspecified atom stereocenters. The molecule has 0 amide bonds. The summed E-state index contributed by atoms with van der Waals surface area (Å²) in [5.41, 5.74) is 1.20. The van der Waals surface area contributed by atoms with Gasteiger partial charge in [-0.1, -0.05) is 121 Å². The Balaban J connectivity index is 0.000000323. The Morgan fingerprint density at radius 3 is 1.06 bits per heavy atom. The molecule has 0 atom stereocenters. The summed E-state index contributed by atoms with van der Waals surface area (Å²) in [4.78, 5) is 0. The molecule has 0 bridgehead atoms. The third kappa shape index (κ3) is 12.3. The second-order valence-corrected chi connectivity index (χ2v) is 8.87. The Kier molecular flexibility index (Phi) is 14.4. The van der Waals surface area contributed by atoms with Crippen LogP contribution in [0.4, 0.5) is 17.3 Å². The third-order valence-electron chi connectivity index (χ3n) is 4.15. The van der Waals surface area contributed by atoms with Crippen molar-refractivity contribution in [3.05, 3.63) is 147 Å². The molecule has 179 valence electrons. The van der Waals surface area contributed by atoms with E-state index in [-0.39, 0.29) is 20.4 Å². The van der Waals surface area contributed by atoms with Crippen molar-refractivity contribution in [3.8, 4) is 0 Å². The quantitative estimate of drug-likeness (QED) is 0.137. The van der Waals surface area contributed by atoms with Gasteiger partial charge in [-0.2, -0.15) is 0 Å². The Morgan fingerprint density at radius 2 is 0.794 bits per heavy atom. The molecule has 0 saturated carbocycles. The van der Waals surface area contributed by atoms with Crippen molar-refractivity contribution in [2.45, 2.75) is 0 Å². The van der Waals surface area contributed by atoms with Gasteiger partial charge in [0.25, 0.3) is 0 Å². The van der Waals surface area contributed by atoms with E-state index >= 15 is 0 Å². The van der Waals surface area contributed by atoms with Gasteiger partial charge >= 0.3 is 7.25 Å². The van der Waals surface area contributed by atoms with E-state index in [1.54, 1.807) is 6.42 Å². The van der Waals surface area contributed by atoms with Gasteiger partial charge in [-0.3, -0.25) is 0 Å². The van der Waals surface area contributed by atoms with Crippen molar-refractivity contribution in [2.24, 2.45) is 0 Å². The normalized spacial score (nSPS) is 10.2. The smallest absolute Gasteiger partial charge is 0.418 e. The summed E-state index contributed by atoms with van der Waals surface area (Å²) in [5, 5.41) is 4.19. The first-order valence-corrected chi connectivity index (χ1v) is 11.6. The van der Waals surface area contributed by atoms with E-state index in [1.807, 2.05) is 36.8 Å². The minimum absolute atomic E-state index is 0. The molecule has 0 aliphatic carbocycles. The summed E-state index contributed by atoms with van der Waals surface area (Å²) in [6.07, 6.45) is 3.76. The standard InChI is InChI=1S/C18H15P.C9H9.BF4.Pd/c1-4-10-16(11-5-1)19(17-12-6-2-7-13-17)18-14-8-3-9-15-18;1-2-6-9-7-4-3-5-8-9;2-1(3,4)5;/h1-15H;2-8H,1H2;;/q;;-1;. The molecule has 0 aliphatic rings. The fourth-order valence-corrected chi connectivity index (χ4v) is 5.18. The average molecular weight is 573 g/mol. The summed E-state index contributed by atoms with van der Waals surface area (Å²) < 4.78 is 39.0. The SMILES string of the molecule is F[B-](F)(F)F.[CH2][CH][CH]c1ccccc1.[Pd].c1ccc(P(c2ccccc2)c2ccccc2)cc1. The summed E-state index contributed by atoms with van der Waals surface area (Å²) in [5.74, 6) is 0. The summed E-state index contributed by atoms with van der Waals surface area (Å²) in [6.45, 7) is 3.60. The maximum absolute atomic E-state index is 9.75. The van der Waals surface area contributed by atoms with Crippen molar-refractivity contribution < 1.29 is 37.7 Å². The molecule has 0 N–H and O–H groups in total. The molecule has 4 rings (SSSR count). The van der Waals surface area contributed by atoms with Crippen LogP contribution < -0.4 is 15.9 Å². The molecule has 0 saturated heterocycles. The van der Waals surface area contributed by atoms with Crippen LogP contribution in [-0.2, 0) is 20.4 Å². The predicted molar refractivity (Wildman–Crippen MR) is 135 cm³/mol. The number of benzene rings is 4. The van der Waals surface area contributed by atoms with Crippen LogP contribution in [0.1, 0.15) is 5.56 Å². The van der Waals surface area contributed by atoms with E-state index in [4.69, 9.17) is 0 Å². The topological polar surface area (TPSA) is 0 Å². The number of hydrogen-bond donors (Lipinski definition) is 0. The van der Waals surface area contributed by atoms with E-state index in [0.29, 0.717) is 0 Å². The maximum atomic E-state index is 9.75. The van der Waals surface area contributed by atoms with Gasteiger partial charge in [-0.05, 0) is 49.2 Å². The van der Waals surface area contributed by atoms with Crippen LogP contribution in [0.2, 0.25) is 0 Å². The molecule has 3 radical (unpaired) electrons. The second kappa shape index (κ2) is 16.4. The molecule has 0 spiro atoms. The van der Waals surface area contributed by atoms with Crippen LogP contribution in [-0.4, -0.2) is 7.25 Å². The Hall–Kier alpha value is -2.24. The molecule has 0 heterocycles. The molecule has 0 aliphatic heterocycles. The predicted octanol–water partition coefficient (Wildman–Crippen LogP) is 7.02. The van der Waals surface area contributed by atoms with Gasteiger partial charge in [0.15, 0.2) is 0 Å². The van der Waals surface area contributed by atoms with Gasteiger partial charge in [-0.25, -0.2) is 0 Å². The molecular weight excluding hydrogens is 548 g/mol. The van der Waals surface area contributed by atoms with Crippen molar-refractivity contribution >= 4 is 31.1 Å². The van der Waals surface area contributed by atoms with Crippen molar-refractivity contribution in [1.82, 2.24) is 0 Å². The molecule has 0 aromatic heterocycles. The molecule has 0 nitrogen and oxygen atoms in total. The fourth-order valence-electron chi connectivity index (χ4n) is 2.88. The monoisotopic (exact) mass is 572 g/mol. The van der Waals surface area contributed by atoms with Crippen LogP contribution in [0.25, 0.3) is 0 Å². The number of halogens is 4. The first-order chi connectivity index (χ1) is 15.9. The van der Waals surface area contributed by atoms with Crippen LogP contribution in [0, 0.1) is 19.8 Å². The van der Waals surface area contributed by atoms with Crippen molar-refractivity contribution in [1.29, 1.82) is 0 Å². The van der Waals surface area contributed by atoms with Crippen LogP contribution in [0.15, 0.2) is 121 Å². The third-order valence-corrected chi connectivity index (χ3v) is 6.60. The molecular formula is C27H24BF4PPd-. The first-order valence-electron chi connectivity index (χ1n) is 10.2. The van der Waals surface area contributed by atoms with Gasteiger partial charge in [0.1, 0.15) is 0 Å². The fraction of sp³-hybridized carbons (Fsp3) is 0. The molecule has 4 aromatic rings. The largest absolute Gasteiger partial charge is 0.673 e. The van der Waals surface area contributed by atoms with Gasteiger partial charge in [0.2, 0.25) is 0 Å². The maximum Gasteiger partial charge on any atom is 0.673 e. The summed E-state index contributed by atoms with van der Waals surface area (Å²) in [7, 11) is -6.45. The summed E-state index contributed by atoms with van der Waals surface area (Å²) >= 11 is 0. The first kappa shape index (κ1) is 29.8. The second-order valence-electron chi connectivity index (χ2n) is 6.65. The number of rotatable bonds is 5. The average Bonchev–Trinajstić information content (AvgIpc) is 2.82. The van der Waals surface area contributed by atoms with Crippen LogP contribution in [0.5, 0.6) is 0 Å². The van der Waals surface area contributed by atoms with Crippen molar-refractivity contribution in [2.75, 3.05) is 0 Å². The van der Waals surface area contributed by atoms with Crippen molar-refractivity contribution in [3.63, 3.8) is 0 Å². The molecule has 7 heteroatoms. The van der Waals surface area contributed by atoms with E-state index in [9.17, 15) is 17.3 Å². The van der Waals surface area contributed by atoms with Gasteiger partial charge in [-0.15, -0.1) is 0 Å². The zero-order valence-electron chi connectivity index (χ0n) is 18.3. The van der Waals surface area contributed by atoms with Crippen LogP contribution >= 0.6 is 7.92 Å². The van der Waals surface area contributed by atoms with E-state index in [1.165, 1.54) is 21.5 Å². The zero-order valence-corrected chi connectivity index (χ0v) is 20.7. The minimum Gasteiger partial charge on any atom is -0.418 e. The number of hydrogen-bond acceptors (Lipinski definition) is 0. The minimum atomic E-state index is -6.00. The molecule has 4 aromatic carbocycles. The molecule has 0 fully saturated rings. The molecule has 34 heavy (non-hydrogen) atoms. The Labute approximate surface area is 215 Å². The van der Waals surface area contributed by atoms with Gasteiger partial charge in [0, 0.05) is 20.4 Å². The van der Waals surface area contributed by atoms with E-state index < -0.39 is 15.2 Å². The zero-order chi connectivity index (χ0) is 23.9. The Morgan fingerprint density at radius 1 is 0.529 bits per heavy atom. The van der Waals surface area contributed by atoms with E-state index in [0.717, 1.165) is 0 Å². The van der Waals surface area contributed by atoms with Crippen LogP contribution in [0.3, 0.4) is 0 Å². The van der Waals surface area contributed by atoms with Gasteiger partial charge in [0.05, 0.1) is 0 Å². The summed E-state index contributed by atoms with van der Waals surface area (Å²) in [6, 6.07) is 42.4. The van der Waals surface area contributed by atoms with Gasteiger partial charge < -0.3 is 17.3 Å².